The lowest BCUT2D eigenvalue weighted by Crippen LogP contribution is -1.71. The van der Waals surface area contributed by atoms with E-state index in [9.17, 15) is 0 Å². The van der Waals surface area contributed by atoms with Gasteiger partial charge in [0.1, 0.15) is 0 Å². The molecule has 1 aliphatic rings. The Balaban J connectivity index is 2.00. The van der Waals surface area contributed by atoms with E-state index >= 15 is 0 Å². The van der Waals surface area contributed by atoms with Gasteiger partial charge in [-0.25, -0.2) is 0 Å². The van der Waals surface area contributed by atoms with Crippen molar-refractivity contribution < 1.29 is 0 Å². The van der Waals surface area contributed by atoms with Gasteiger partial charge >= 0.3 is 0 Å². The van der Waals surface area contributed by atoms with E-state index in [2.05, 4.69) is 6.55 Å². The molecule has 0 amide bonds. The molecule has 1 saturated carbocycles. The Morgan fingerprint density at radius 3 is 2.20 bits per heavy atom. The quantitative estimate of drug-likeness (QED) is 0.420. The van der Waals surface area contributed by atoms with Crippen LogP contribution in [-0.2, 0) is 0 Å². The summed E-state index contributed by atoms with van der Waals surface area (Å²) in [5, 5.41) is 0. The molecule has 0 aliphatic heterocycles. The van der Waals surface area contributed by atoms with E-state index in [4.69, 9.17) is 0 Å². The van der Waals surface area contributed by atoms with Crippen molar-refractivity contribution in [3.63, 3.8) is 0 Å². The van der Waals surface area contributed by atoms with Crippen LogP contribution < -0.4 is 0 Å². The topological polar surface area (TPSA) is 0 Å². The lowest BCUT2D eigenvalue weighted by Gasteiger charge is -1.70. The van der Waals surface area contributed by atoms with Crippen LogP contribution >= 0.6 is 0 Å². The molecule has 0 aromatic carbocycles. The summed E-state index contributed by atoms with van der Waals surface area (Å²) in [7, 11) is 1.23. The van der Waals surface area contributed by atoms with Crippen LogP contribution in [-0.4, -0.2) is 9.52 Å². The Morgan fingerprint density at radius 1 is 1.60 bits per heavy atom. The third-order valence-electron chi connectivity index (χ3n) is 0.986. The van der Waals surface area contributed by atoms with Gasteiger partial charge in [0.25, 0.3) is 0 Å². The third-order valence-corrected chi connectivity index (χ3v) is 2.38. The molecule has 0 atom stereocenters. The smallest absolute Gasteiger partial charge is 0.0378 e. The van der Waals surface area contributed by atoms with Gasteiger partial charge in [0.05, 0.1) is 0 Å². The van der Waals surface area contributed by atoms with Crippen LogP contribution in [0.4, 0.5) is 0 Å². The van der Waals surface area contributed by atoms with Crippen molar-refractivity contribution in [1.82, 2.24) is 0 Å². The van der Waals surface area contributed by atoms with Crippen molar-refractivity contribution in [1.29, 1.82) is 0 Å². The average Bonchev–Trinajstić information content (AvgIpc) is 2.12. The molecule has 0 saturated heterocycles. The number of hydrogen-bond acceptors (Lipinski definition) is 0. The van der Waals surface area contributed by atoms with Gasteiger partial charge in [-0.05, 0) is 5.54 Å². The van der Waals surface area contributed by atoms with E-state index in [-0.39, 0.29) is 0 Å². The molecule has 28 valence electrons. The molecule has 0 spiro atoms. The first-order valence-electron chi connectivity index (χ1n) is 2.11. The summed E-state index contributed by atoms with van der Waals surface area (Å²) in [4.78, 5) is 0. The van der Waals surface area contributed by atoms with E-state index in [0.717, 1.165) is 5.54 Å². The van der Waals surface area contributed by atoms with Gasteiger partial charge in [0.15, 0.2) is 0 Å². The van der Waals surface area contributed by atoms with Crippen molar-refractivity contribution in [2.75, 3.05) is 0 Å². The van der Waals surface area contributed by atoms with E-state index in [1.54, 1.807) is 0 Å². The highest BCUT2D eigenvalue weighted by Crippen LogP contribution is 2.34. The number of rotatable bonds is 1. The highest BCUT2D eigenvalue weighted by molar-refractivity contribution is 6.36. The predicted octanol–water partition coefficient (Wildman–Crippen LogP) is 1.32. The maximum atomic E-state index is 2.29. The Hall–Kier alpha value is 0.217. The summed E-state index contributed by atoms with van der Waals surface area (Å²) < 4.78 is 0. The lowest BCUT2D eigenvalue weighted by atomic mass is 11.0. The molecule has 1 heteroatoms. The van der Waals surface area contributed by atoms with E-state index in [1.165, 1.54) is 22.4 Å². The average molecular weight is 84.2 g/mol. The fraction of sp³-hybridized carbons (Fsp3) is 1.00. The molecule has 1 aliphatic carbocycles. The van der Waals surface area contributed by atoms with Gasteiger partial charge in [-0.3, -0.25) is 0 Å². The Morgan fingerprint density at radius 2 is 2.20 bits per heavy atom. The summed E-state index contributed by atoms with van der Waals surface area (Å²) in [6.45, 7) is 2.29. The van der Waals surface area contributed by atoms with Gasteiger partial charge in [0, 0.05) is 9.52 Å². The molecule has 0 bridgehead atoms. The molecule has 1 rings (SSSR count). The van der Waals surface area contributed by atoms with Crippen molar-refractivity contribution in [3.8, 4) is 0 Å². The fourth-order valence-electron chi connectivity index (χ4n) is 0.372. The molecule has 1 fully saturated rings. The molecular weight excluding hydrogens is 76.1 g/mol. The molecule has 2 radical (unpaired) electrons. The van der Waals surface area contributed by atoms with Crippen LogP contribution in [0.25, 0.3) is 0 Å². The maximum absolute atomic E-state index is 2.29. The monoisotopic (exact) mass is 84.0 g/mol. The summed E-state index contributed by atoms with van der Waals surface area (Å²) >= 11 is 0. The van der Waals surface area contributed by atoms with Crippen LogP contribution in [0.5, 0.6) is 0 Å². The minimum Gasteiger partial charge on any atom is -0.0731 e. The summed E-state index contributed by atoms with van der Waals surface area (Å²) in [5.74, 6) is 0. The van der Waals surface area contributed by atoms with Crippen molar-refractivity contribution in [2.24, 2.45) is 0 Å². The first-order valence-corrected chi connectivity index (χ1v) is 3.68. The predicted molar refractivity (Wildman–Crippen MR) is 24.6 cm³/mol. The fourth-order valence-corrected chi connectivity index (χ4v) is 1.12. The summed E-state index contributed by atoms with van der Waals surface area (Å²) in [5.41, 5.74) is 1.16. The highest BCUT2D eigenvalue weighted by Gasteiger charge is 2.17. The van der Waals surface area contributed by atoms with Crippen LogP contribution in [0.3, 0.4) is 0 Å². The molecular formula is C4H8Si. The minimum absolute atomic E-state index is 1.16. The molecule has 0 heterocycles. The second-order valence-electron chi connectivity index (χ2n) is 1.56. The van der Waals surface area contributed by atoms with Crippen LogP contribution in [0, 0.1) is 0 Å². The standard InChI is InChI=1S/C4H8Si/c1-5-4-2-3-4/h4H,2-3H2,1H3. The third kappa shape index (κ3) is 0.761. The van der Waals surface area contributed by atoms with E-state index in [1.807, 2.05) is 0 Å². The van der Waals surface area contributed by atoms with E-state index < -0.39 is 0 Å². The molecule has 0 aromatic heterocycles. The summed E-state index contributed by atoms with van der Waals surface area (Å²) in [6, 6.07) is 0. The molecule has 0 aromatic rings. The van der Waals surface area contributed by atoms with E-state index in [0.29, 0.717) is 0 Å². The first-order chi connectivity index (χ1) is 2.43. The van der Waals surface area contributed by atoms with Gasteiger partial charge in [0.2, 0.25) is 0 Å². The largest absolute Gasteiger partial charge is 0.0731 e. The van der Waals surface area contributed by atoms with Crippen molar-refractivity contribution >= 4 is 9.52 Å². The molecule has 0 nitrogen and oxygen atoms in total. The number of hydrogen-bond donors (Lipinski definition) is 0. The van der Waals surface area contributed by atoms with Crippen LogP contribution in [0.1, 0.15) is 12.8 Å². The second-order valence-corrected chi connectivity index (χ2v) is 2.96. The zero-order valence-electron chi connectivity index (χ0n) is 3.49. The SMILES string of the molecule is C[Si]C1CC1. The normalized spacial score (nSPS) is 23.4. The van der Waals surface area contributed by atoms with Crippen LogP contribution in [0.2, 0.25) is 12.1 Å². The van der Waals surface area contributed by atoms with Gasteiger partial charge in [-0.15, -0.1) is 0 Å². The highest BCUT2D eigenvalue weighted by atomic mass is 28.2. The minimum atomic E-state index is 1.16. The zero-order valence-corrected chi connectivity index (χ0v) is 4.49. The van der Waals surface area contributed by atoms with Gasteiger partial charge in [-0.1, -0.05) is 19.4 Å². The van der Waals surface area contributed by atoms with Crippen molar-refractivity contribution in [2.45, 2.75) is 24.9 Å². The maximum Gasteiger partial charge on any atom is 0.0378 e. The Labute approximate surface area is 35.4 Å². The lowest BCUT2D eigenvalue weighted by molar-refractivity contribution is 1.44. The molecule has 0 N–H and O–H groups in total. The van der Waals surface area contributed by atoms with Crippen LogP contribution in [0.15, 0.2) is 0 Å². The van der Waals surface area contributed by atoms with Crippen molar-refractivity contribution in [3.05, 3.63) is 0 Å². The van der Waals surface area contributed by atoms with Gasteiger partial charge < -0.3 is 0 Å². The Bertz CT molecular complexity index is 30.6. The first kappa shape index (κ1) is 3.41. The summed E-state index contributed by atoms with van der Waals surface area (Å²) in [6.07, 6.45) is 3.05. The second kappa shape index (κ2) is 1.13. The van der Waals surface area contributed by atoms with Gasteiger partial charge in [-0.2, -0.15) is 0 Å². The molecule has 5 heavy (non-hydrogen) atoms. The Kier molecular flexibility index (Phi) is 0.770. The molecule has 0 unspecified atom stereocenters. The zero-order chi connectivity index (χ0) is 3.70.